The highest BCUT2D eigenvalue weighted by Gasteiger charge is 2.60. The fourth-order valence-electron chi connectivity index (χ4n) is 9.38. The Kier molecular flexibility index (Phi) is 7.57. The van der Waals surface area contributed by atoms with Crippen LogP contribution in [0.5, 0.6) is 0 Å². The van der Waals surface area contributed by atoms with E-state index in [1.54, 1.807) is 0 Å². The number of fused-ring (bicyclic) bond motifs is 5. The molecule has 7 nitrogen and oxygen atoms in total. The molecular formula is C28H45NO6. The van der Waals surface area contributed by atoms with Gasteiger partial charge in [0.1, 0.15) is 12.1 Å². The molecule has 0 aliphatic heterocycles. The molecular weight excluding hydrogens is 446 g/mol. The summed E-state index contributed by atoms with van der Waals surface area (Å²) in [7, 11) is 0. The van der Waals surface area contributed by atoms with Gasteiger partial charge in [-0.1, -0.05) is 20.8 Å². The molecule has 10 atom stereocenters. The normalized spacial score (nSPS) is 42.2. The molecule has 0 aromatic carbocycles. The van der Waals surface area contributed by atoms with Crippen LogP contribution in [0.15, 0.2) is 0 Å². The smallest absolute Gasteiger partial charge is 0.323 e. The number of carbonyl (C=O) groups excluding carboxylic acids is 1. The Morgan fingerprint density at radius 1 is 0.943 bits per heavy atom. The summed E-state index contributed by atoms with van der Waals surface area (Å²) < 4.78 is 5.68. The maximum Gasteiger partial charge on any atom is 0.323 e. The summed E-state index contributed by atoms with van der Waals surface area (Å²) in [5.74, 6) is 1.45. The zero-order valence-corrected chi connectivity index (χ0v) is 21.7. The summed E-state index contributed by atoms with van der Waals surface area (Å²) in [6.07, 6.45) is 10.7. The predicted octanol–water partition coefficient (Wildman–Crippen LogP) is 4.86. The van der Waals surface area contributed by atoms with Gasteiger partial charge in [0.05, 0.1) is 6.42 Å². The molecule has 4 N–H and O–H groups in total. The van der Waals surface area contributed by atoms with Crippen molar-refractivity contribution < 1.29 is 29.3 Å². The fraction of sp³-hybridized carbons (Fsp3) is 0.893. The molecule has 0 aromatic rings. The second-order valence-electron chi connectivity index (χ2n) is 12.8. The molecule has 0 saturated heterocycles. The summed E-state index contributed by atoms with van der Waals surface area (Å²) >= 11 is 0. The van der Waals surface area contributed by atoms with Crippen LogP contribution >= 0.6 is 0 Å². The number of carboxylic acids is 2. The predicted molar refractivity (Wildman–Crippen MR) is 131 cm³/mol. The van der Waals surface area contributed by atoms with Crippen molar-refractivity contribution in [2.75, 3.05) is 0 Å². The number of esters is 1. The first-order chi connectivity index (χ1) is 16.5. The van der Waals surface area contributed by atoms with Crippen molar-refractivity contribution in [2.24, 2.45) is 52.1 Å². The molecule has 4 rings (SSSR count). The van der Waals surface area contributed by atoms with Crippen molar-refractivity contribution >= 4 is 17.9 Å². The maximum atomic E-state index is 12.3. The van der Waals surface area contributed by atoms with Crippen molar-refractivity contribution in [3.63, 3.8) is 0 Å². The van der Waals surface area contributed by atoms with E-state index in [1.807, 2.05) is 0 Å². The monoisotopic (exact) mass is 491 g/mol. The average Bonchev–Trinajstić information content (AvgIpc) is 3.14. The van der Waals surface area contributed by atoms with Crippen molar-refractivity contribution in [3.05, 3.63) is 0 Å². The number of aliphatic carboxylic acids is 2. The summed E-state index contributed by atoms with van der Waals surface area (Å²) in [6.45, 7) is 7.26. The van der Waals surface area contributed by atoms with Gasteiger partial charge in [-0.2, -0.15) is 0 Å². The molecule has 35 heavy (non-hydrogen) atoms. The minimum absolute atomic E-state index is 0.156. The van der Waals surface area contributed by atoms with Crippen LogP contribution in [0.3, 0.4) is 0 Å². The maximum absolute atomic E-state index is 12.3. The Morgan fingerprint density at radius 2 is 1.63 bits per heavy atom. The van der Waals surface area contributed by atoms with Crippen molar-refractivity contribution in [1.29, 1.82) is 0 Å². The highest BCUT2D eigenvalue weighted by Crippen LogP contribution is 2.68. The largest absolute Gasteiger partial charge is 0.481 e. The van der Waals surface area contributed by atoms with Gasteiger partial charge in [0.2, 0.25) is 0 Å². The average molecular weight is 492 g/mol. The van der Waals surface area contributed by atoms with E-state index in [0.29, 0.717) is 29.1 Å². The fourth-order valence-corrected chi connectivity index (χ4v) is 9.38. The van der Waals surface area contributed by atoms with E-state index < -0.39 is 30.4 Å². The van der Waals surface area contributed by atoms with Crippen LogP contribution in [-0.4, -0.2) is 40.3 Å². The molecule has 4 saturated carbocycles. The minimum atomic E-state index is -1.10. The van der Waals surface area contributed by atoms with Crippen LogP contribution in [0, 0.1) is 46.3 Å². The van der Waals surface area contributed by atoms with Gasteiger partial charge in [0.15, 0.2) is 0 Å². The molecule has 0 unspecified atom stereocenters. The second kappa shape index (κ2) is 10.0. The molecule has 0 aromatic heterocycles. The van der Waals surface area contributed by atoms with Gasteiger partial charge in [0, 0.05) is 6.42 Å². The van der Waals surface area contributed by atoms with Gasteiger partial charge >= 0.3 is 17.9 Å². The summed E-state index contributed by atoms with van der Waals surface area (Å²) in [5.41, 5.74) is 6.32. The Morgan fingerprint density at radius 3 is 2.31 bits per heavy atom. The van der Waals surface area contributed by atoms with Crippen LogP contribution in [0.25, 0.3) is 0 Å². The summed E-state index contributed by atoms with van der Waals surface area (Å²) in [4.78, 5) is 34.3. The highest BCUT2D eigenvalue weighted by atomic mass is 16.5. The van der Waals surface area contributed by atoms with Crippen molar-refractivity contribution in [2.45, 2.75) is 110 Å². The van der Waals surface area contributed by atoms with Crippen LogP contribution in [-0.2, 0) is 19.1 Å². The molecule has 4 fully saturated rings. The van der Waals surface area contributed by atoms with Gasteiger partial charge in [-0.15, -0.1) is 0 Å². The quantitative estimate of drug-likeness (QED) is 0.414. The molecule has 0 radical (unpaired) electrons. The van der Waals surface area contributed by atoms with E-state index in [9.17, 15) is 14.4 Å². The summed E-state index contributed by atoms with van der Waals surface area (Å²) in [6, 6.07) is -1.10. The SMILES string of the molecule is C[C@H](CCC(=O)O)[C@H]1CC[C@H]2[C@@H]3CC[C@@H]4C[C@H](OC(=O)[C@@H](N)CC(=O)O)CC[C@]4(C)[C@H]3CC[C@]12C. The number of carboxylic acid groups (broad SMARTS) is 2. The van der Waals surface area contributed by atoms with Crippen LogP contribution in [0.1, 0.15) is 97.8 Å². The molecule has 198 valence electrons. The number of ether oxygens (including phenoxy) is 1. The van der Waals surface area contributed by atoms with E-state index >= 15 is 0 Å². The third-order valence-corrected chi connectivity index (χ3v) is 11.2. The second-order valence-corrected chi connectivity index (χ2v) is 12.8. The lowest BCUT2D eigenvalue weighted by Crippen LogP contribution is -2.54. The standard InChI is InChI=1S/C28H45NO6/c1-16(4-9-24(30)31)20-7-8-21-19-6-5-17-14-18(35-26(34)23(29)15-25(32)33)10-12-27(17,2)22(19)11-13-28(20,21)3/h16-23H,4-15,29H2,1-3H3,(H,30,31)(H,32,33)/t16-,17-,18-,19+,20-,21+,22+,23+,27+,28-/m1/s1. The van der Waals surface area contributed by atoms with Crippen LogP contribution < -0.4 is 5.73 Å². The summed E-state index contributed by atoms with van der Waals surface area (Å²) in [5, 5.41) is 18.1. The molecule has 0 heterocycles. The highest BCUT2D eigenvalue weighted by molar-refractivity contribution is 5.81. The van der Waals surface area contributed by atoms with E-state index in [0.717, 1.165) is 37.5 Å². The van der Waals surface area contributed by atoms with Gasteiger partial charge < -0.3 is 20.7 Å². The zero-order chi connectivity index (χ0) is 25.5. The molecule has 0 spiro atoms. The minimum Gasteiger partial charge on any atom is -0.481 e. The van der Waals surface area contributed by atoms with Gasteiger partial charge in [-0.05, 0) is 111 Å². The lowest BCUT2D eigenvalue weighted by atomic mass is 9.44. The topological polar surface area (TPSA) is 127 Å². The van der Waals surface area contributed by atoms with Gasteiger partial charge in [-0.25, -0.2) is 0 Å². The van der Waals surface area contributed by atoms with Crippen LogP contribution in [0.4, 0.5) is 0 Å². The number of hydrogen-bond donors (Lipinski definition) is 3. The van der Waals surface area contributed by atoms with E-state index in [-0.39, 0.29) is 17.9 Å². The molecule has 0 bridgehead atoms. The number of nitrogens with two attached hydrogens (primary N) is 1. The lowest BCUT2D eigenvalue weighted by molar-refractivity contribution is -0.165. The van der Waals surface area contributed by atoms with Gasteiger partial charge in [-0.3, -0.25) is 14.4 Å². The van der Waals surface area contributed by atoms with Gasteiger partial charge in [0.25, 0.3) is 0 Å². The Balaban J connectivity index is 1.40. The number of carbonyl (C=O) groups is 3. The first-order valence-electron chi connectivity index (χ1n) is 13.9. The molecule has 4 aliphatic rings. The first kappa shape index (κ1) is 26.4. The Labute approximate surface area is 209 Å². The number of hydrogen-bond acceptors (Lipinski definition) is 5. The van der Waals surface area contributed by atoms with E-state index in [4.69, 9.17) is 20.7 Å². The molecule has 4 aliphatic carbocycles. The third kappa shape index (κ3) is 4.99. The van der Waals surface area contributed by atoms with Crippen LogP contribution in [0.2, 0.25) is 0 Å². The van der Waals surface area contributed by atoms with E-state index in [1.165, 1.54) is 38.5 Å². The molecule has 7 heteroatoms. The van der Waals surface area contributed by atoms with E-state index in [2.05, 4.69) is 20.8 Å². The molecule has 0 amide bonds. The first-order valence-corrected chi connectivity index (χ1v) is 13.9. The third-order valence-electron chi connectivity index (χ3n) is 11.2. The Hall–Kier alpha value is -1.63. The lowest BCUT2D eigenvalue weighted by Gasteiger charge is -2.61. The zero-order valence-electron chi connectivity index (χ0n) is 21.7. The van der Waals surface area contributed by atoms with Crippen molar-refractivity contribution in [1.82, 2.24) is 0 Å². The number of rotatable bonds is 8. The van der Waals surface area contributed by atoms with Crippen molar-refractivity contribution in [3.8, 4) is 0 Å². The Bertz CT molecular complexity index is 830.